The zero-order valence-electron chi connectivity index (χ0n) is 9.43. The van der Waals surface area contributed by atoms with Crippen LogP contribution in [0.5, 0.6) is 0 Å². The van der Waals surface area contributed by atoms with Crippen LogP contribution < -0.4 is 5.73 Å². The smallest absolute Gasteiger partial charge is 0.134 e. The summed E-state index contributed by atoms with van der Waals surface area (Å²) < 4.78 is 2.19. The largest absolute Gasteiger partial charge is 0.311 e. The van der Waals surface area contributed by atoms with Crippen molar-refractivity contribution < 1.29 is 0 Å². The topological polar surface area (TPSA) is 56.7 Å². The van der Waals surface area contributed by atoms with Crippen molar-refractivity contribution in [1.82, 2.24) is 14.8 Å². The summed E-state index contributed by atoms with van der Waals surface area (Å²) in [4.78, 5) is 0. The molecule has 5 heteroatoms. The van der Waals surface area contributed by atoms with Crippen molar-refractivity contribution in [2.75, 3.05) is 11.5 Å². The van der Waals surface area contributed by atoms with Crippen LogP contribution in [0.15, 0.2) is 0 Å². The summed E-state index contributed by atoms with van der Waals surface area (Å²) in [6.07, 6.45) is 5.76. The second-order valence-electron chi connectivity index (χ2n) is 4.80. The van der Waals surface area contributed by atoms with Crippen LogP contribution in [0.2, 0.25) is 0 Å². The van der Waals surface area contributed by atoms with Gasteiger partial charge in [-0.2, -0.15) is 11.8 Å². The number of aryl methyl sites for hydroxylation is 1. The van der Waals surface area contributed by atoms with E-state index in [9.17, 15) is 0 Å². The van der Waals surface area contributed by atoms with Gasteiger partial charge in [-0.25, -0.2) is 0 Å². The molecule has 2 atom stereocenters. The van der Waals surface area contributed by atoms with Gasteiger partial charge in [0.1, 0.15) is 11.6 Å². The molecule has 3 heterocycles. The SMILES string of the molecule is NC1CCCc2nnc(CC3CCSC3)n21. The Bertz CT molecular complexity index is 370. The van der Waals surface area contributed by atoms with Crippen LogP contribution in [0.1, 0.15) is 37.1 Å². The number of aromatic nitrogens is 3. The molecule has 0 saturated carbocycles. The molecule has 1 fully saturated rings. The van der Waals surface area contributed by atoms with Gasteiger partial charge < -0.3 is 5.73 Å². The van der Waals surface area contributed by atoms with Gasteiger partial charge >= 0.3 is 0 Å². The highest BCUT2D eigenvalue weighted by Crippen LogP contribution is 2.28. The molecule has 3 rings (SSSR count). The van der Waals surface area contributed by atoms with Gasteiger partial charge in [-0.1, -0.05) is 0 Å². The minimum absolute atomic E-state index is 0.114. The lowest BCUT2D eigenvalue weighted by atomic mass is 10.0. The van der Waals surface area contributed by atoms with Crippen LogP contribution in [-0.2, 0) is 12.8 Å². The predicted octanol–water partition coefficient (Wildman–Crippen LogP) is 1.37. The first kappa shape index (κ1) is 10.6. The molecule has 0 aromatic carbocycles. The summed E-state index contributed by atoms with van der Waals surface area (Å²) in [5.41, 5.74) is 6.14. The van der Waals surface area contributed by atoms with Gasteiger partial charge in [0, 0.05) is 12.8 Å². The Balaban J connectivity index is 1.81. The van der Waals surface area contributed by atoms with E-state index >= 15 is 0 Å². The summed E-state index contributed by atoms with van der Waals surface area (Å²) in [5.74, 6) is 5.58. The molecule has 0 radical (unpaired) electrons. The number of thioether (sulfide) groups is 1. The van der Waals surface area contributed by atoms with Gasteiger partial charge in [0.15, 0.2) is 0 Å². The maximum atomic E-state index is 6.14. The van der Waals surface area contributed by atoms with Gasteiger partial charge in [0.25, 0.3) is 0 Å². The van der Waals surface area contributed by atoms with Crippen LogP contribution in [0.25, 0.3) is 0 Å². The van der Waals surface area contributed by atoms with Gasteiger partial charge in [-0.3, -0.25) is 4.57 Å². The Labute approximate surface area is 100.0 Å². The zero-order valence-corrected chi connectivity index (χ0v) is 10.2. The molecule has 2 unspecified atom stereocenters. The minimum atomic E-state index is 0.114. The van der Waals surface area contributed by atoms with Crippen molar-refractivity contribution in [2.45, 2.75) is 38.3 Å². The van der Waals surface area contributed by atoms with Crippen LogP contribution in [0, 0.1) is 5.92 Å². The van der Waals surface area contributed by atoms with E-state index in [0.717, 1.165) is 43.3 Å². The summed E-state index contributed by atoms with van der Waals surface area (Å²) in [5, 5.41) is 8.61. The second-order valence-corrected chi connectivity index (χ2v) is 5.95. The van der Waals surface area contributed by atoms with Crippen molar-refractivity contribution in [3.05, 3.63) is 11.6 Å². The van der Waals surface area contributed by atoms with E-state index in [-0.39, 0.29) is 6.17 Å². The lowest BCUT2D eigenvalue weighted by Gasteiger charge is -2.23. The average molecular weight is 238 g/mol. The highest BCUT2D eigenvalue weighted by molar-refractivity contribution is 7.99. The highest BCUT2D eigenvalue weighted by atomic mass is 32.2. The van der Waals surface area contributed by atoms with Crippen molar-refractivity contribution in [3.63, 3.8) is 0 Å². The number of hydrogen-bond acceptors (Lipinski definition) is 4. The molecule has 0 spiro atoms. The standard InChI is InChI=1S/C11H18N4S/c12-9-2-1-3-10-13-14-11(15(9)10)6-8-4-5-16-7-8/h8-9H,1-7,12H2. The van der Waals surface area contributed by atoms with E-state index in [1.165, 1.54) is 17.9 Å². The van der Waals surface area contributed by atoms with E-state index in [0.29, 0.717) is 0 Å². The molecule has 2 N–H and O–H groups in total. The Morgan fingerprint density at radius 1 is 1.38 bits per heavy atom. The maximum absolute atomic E-state index is 6.14. The number of rotatable bonds is 2. The predicted molar refractivity (Wildman–Crippen MR) is 65.3 cm³/mol. The van der Waals surface area contributed by atoms with E-state index in [4.69, 9.17) is 5.73 Å². The maximum Gasteiger partial charge on any atom is 0.134 e. The van der Waals surface area contributed by atoms with Crippen LogP contribution in [0.4, 0.5) is 0 Å². The molecular weight excluding hydrogens is 220 g/mol. The highest BCUT2D eigenvalue weighted by Gasteiger charge is 2.25. The summed E-state index contributed by atoms with van der Waals surface area (Å²) >= 11 is 2.05. The second kappa shape index (κ2) is 4.37. The van der Waals surface area contributed by atoms with Crippen LogP contribution in [-0.4, -0.2) is 26.3 Å². The quantitative estimate of drug-likeness (QED) is 0.845. The lowest BCUT2D eigenvalue weighted by molar-refractivity contribution is 0.389. The summed E-state index contributed by atoms with van der Waals surface area (Å²) in [6.45, 7) is 0. The third-order valence-electron chi connectivity index (χ3n) is 3.56. The fourth-order valence-corrected chi connectivity index (χ4v) is 3.94. The van der Waals surface area contributed by atoms with Crippen molar-refractivity contribution in [3.8, 4) is 0 Å². The van der Waals surface area contributed by atoms with Crippen molar-refractivity contribution in [1.29, 1.82) is 0 Å². The number of fused-ring (bicyclic) bond motifs is 1. The third kappa shape index (κ3) is 1.86. The molecule has 88 valence electrons. The minimum Gasteiger partial charge on any atom is -0.311 e. The molecular formula is C11H18N4S. The molecule has 1 aromatic heterocycles. The molecule has 16 heavy (non-hydrogen) atoms. The zero-order chi connectivity index (χ0) is 11.0. The molecule has 4 nitrogen and oxygen atoms in total. The molecule has 1 aromatic rings. The molecule has 1 saturated heterocycles. The first-order chi connectivity index (χ1) is 7.84. The van der Waals surface area contributed by atoms with Crippen LogP contribution in [0.3, 0.4) is 0 Å². The first-order valence-electron chi connectivity index (χ1n) is 6.10. The fraction of sp³-hybridized carbons (Fsp3) is 0.818. The molecule has 0 aliphatic carbocycles. The van der Waals surface area contributed by atoms with Gasteiger partial charge in [0.2, 0.25) is 0 Å². The summed E-state index contributed by atoms with van der Waals surface area (Å²) in [6, 6.07) is 0. The monoisotopic (exact) mass is 238 g/mol. The van der Waals surface area contributed by atoms with Crippen LogP contribution >= 0.6 is 11.8 Å². The Kier molecular flexibility index (Phi) is 2.90. The number of nitrogens with two attached hydrogens (primary N) is 1. The van der Waals surface area contributed by atoms with Gasteiger partial charge in [0.05, 0.1) is 6.17 Å². The third-order valence-corrected chi connectivity index (χ3v) is 4.80. The van der Waals surface area contributed by atoms with E-state index in [2.05, 4.69) is 26.5 Å². The Morgan fingerprint density at radius 2 is 2.31 bits per heavy atom. The lowest BCUT2D eigenvalue weighted by Crippen LogP contribution is -2.27. The number of hydrogen-bond donors (Lipinski definition) is 1. The van der Waals surface area contributed by atoms with Gasteiger partial charge in [-0.15, -0.1) is 10.2 Å². The molecule has 2 aliphatic rings. The Hall–Kier alpha value is -0.550. The molecule has 0 amide bonds. The Morgan fingerprint density at radius 3 is 3.12 bits per heavy atom. The normalized spacial score (nSPS) is 29.3. The van der Waals surface area contributed by atoms with E-state index in [1.807, 2.05) is 0 Å². The molecule has 2 aliphatic heterocycles. The first-order valence-corrected chi connectivity index (χ1v) is 7.26. The summed E-state index contributed by atoms with van der Waals surface area (Å²) in [7, 11) is 0. The van der Waals surface area contributed by atoms with Crippen molar-refractivity contribution >= 4 is 11.8 Å². The molecule has 0 bridgehead atoms. The number of nitrogens with zero attached hydrogens (tertiary/aromatic N) is 3. The van der Waals surface area contributed by atoms with E-state index in [1.54, 1.807) is 0 Å². The average Bonchev–Trinajstić information content (AvgIpc) is 2.90. The van der Waals surface area contributed by atoms with E-state index < -0.39 is 0 Å². The van der Waals surface area contributed by atoms with Gasteiger partial charge in [-0.05, 0) is 36.7 Å². The fourth-order valence-electron chi connectivity index (χ4n) is 2.65. The van der Waals surface area contributed by atoms with Crippen molar-refractivity contribution in [2.24, 2.45) is 11.7 Å².